The van der Waals surface area contributed by atoms with Gasteiger partial charge in [-0.2, -0.15) is 0 Å². The van der Waals surface area contributed by atoms with Crippen molar-refractivity contribution in [3.63, 3.8) is 0 Å². The molecule has 0 spiro atoms. The van der Waals surface area contributed by atoms with Crippen LogP contribution in [0.15, 0.2) is 29.6 Å². The molecular formula is C19H23N3O2S. The van der Waals surface area contributed by atoms with Crippen molar-refractivity contribution in [1.82, 2.24) is 9.88 Å². The minimum absolute atomic E-state index is 0.0589. The maximum atomic E-state index is 12.7. The molecule has 3 rings (SSSR count). The minimum Gasteiger partial charge on any atom is -0.338 e. The molecule has 5 nitrogen and oxygen atoms in total. The fraction of sp³-hybridized carbons (Fsp3) is 0.421. The number of fused-ring (bicyclic) bond motifs is 1. The summed E-state index contributed by atoms with van der Waals surface area (Å²) in [4.78, 5) is 30.7. The molecule has 2 heterocycles. The Morgan fingerprint density at radius 1 is 1.28 bits per heavy atom. The zero-order valence-corrected chi connectivity index (χ0v) is 15.4. The van der Waals surface area contributed by atoms with Crippen LogP contribution in [0.1, 0.15) is 37.1 Å². The van der Waals surface area contributed by atoms with Gasteiger partial charge in [0.15, 0.2) is 5.13 Å². The van der Waals surface area contributed by atoms with Crippen LogP contribution in [0.2, 0.25) is 0 Å². The Morgan fingerprint density at radius 2 is 2.04 bits per heavy atom. The highest BCUT2D eigenvalue weighted by Crippen LogP contribution is 2.21. The predicted molar refractivity (Wildman–Crippen MR) is 99.5 cm³/mol. The van der Waals surface area contributed by atoms with Crippen LogP contribution in [-0.4, -0.2) is 28.2 Å². The number of hydrogen-bond donors (Lipinski definition) is 1. The molecule has 0 aliphatic carbocycles. The van der Waals surface area contributed by atoms with Gasteiger partial charge in [-0.15, -0.1) is 11.3 Å². The molecule has 0 atom stereocenters. The predicted octanol–water partition coefficient (Wildman–Crippen LogP) is 3.26. The van der Waals surface area contributed by atoms with Crippen molar-refractivity contribution in [2.75, 3.05) is 11.9 Å². The lowest BCUT2D eigenvalue weighted by atomic mass is 10.0. The Hall–Kier alpha value is -2.21. The van der Waals surface area contributed by atoms with Crippen molar-refractivity contribution in [3.8, 4) is 0 Å². The van der Waals surface area contributed by atoms with E-state index < -0.39 is 0 Å². The van der Waals surface area contributed by atoms with Crippen LogP contribution in [0.3, 0.4) is 0 Å². The normalized spacial score (nSPS) is 14.1. The summed E-state index contributed by atoms with van der Waals surface area (Å²) in [6.07, 6.45) is 2.27. The average Bonchev–Trinajstić information content (AvgIpc) is 2.90. The highest BCUT2D eigenvalue weighted by molar-refractivity contribution is 7.13. The standard InChI is InChI=1S/C19H23N3O2S/c1-13(2)18(24)21-19-20-16(12-25-19)10-17(23)22-9-5-8-14-6-3-4-7-15(14)11-22/h3-4,6-7,12-13H,5,8-11H2,1-2H3,(H,20,21,24). The number of nitrogens with one attached hydrogen (secondary N) is 1. The van der Waals surface area contributed by atoms with E-state index in [4.69, 9.17) is 0 Å². The van der Waals surface area contributed by atoms with Gasteiger partial charge < -0.3 is 10.2 Å². The first-order valence-corrected chi connectivity index (χ1v) is 9.50. The SMILES string of the molecule is CC(C)C(=O)Nc1nc(CC(=O)N2CCCc3ccccc3C2)cs1. The van der Waals surface area contributed by atoms with E-state index in [-0.39, 0.29) is 24.2 Å². The molecule has 132 valence electrons. The largest absolute Gasteiger partial charge is 0.338 e. The second-order valence-electron chi connectivity index (χ2n) is 6.65. The lowest BCUT2D eigenvalue weighted by Crippen LogP contribution is -2.32. The Kier molecular flexibility index (Phi) is 5.48. The van der Waals surface area contributed by atoms with E-state index in [0.717, 1.165) is 19.4 Å². The second-order valence-corrected chi connectivity index (χ2v) is 7.51. The molecule has 1 N–H and O–H groups in total. The topological polar surface area (TPSA) is 62.3 Å². The number of aryl methyl sites for hydroxylation is 1. The summed E-state index contributed by atoms with van der Waals surface area (Å²) >= 11 is 1.36. The molecule has 0 saturated heterocycles. The van der Waals surface area contributed by atoms with Crippen LogP contribution in [0.4, 0.5) is 5.13 Å². The Balaban J connectivity index is 1.63. The molecule has 0 saturated carbocycles. The van der Waals surface area contributed by atoms with E-state index >= 15 is 0 Å². The molecule has 1 aliphatic rings. The lowest BCUT2D eigenvalue weighted by Gasteiger charge is -2.20. The Morgan fingerprint density at radius 3 is 2.80 bits per heavy atom. The second kappa shape index (κ2) is 7.78. The smallest absolute Gasteiger partial charge is 0.228 e. The third kappa shape index (κ3) is 4.45. The number of hydrogen-bond acceptors (Lipinski definition) is 4. The summed E-state index contributed by atoms with van der Waals surface area (Å²) in [5.41, 5.74) is 3.29. The molecule has 1 aliphatic heterocycles. The number of carbonyl (C=O) groups is 2. The van der Waals surface area contributed by atoms with Crippen molar-refractivity contribution >= 4 is 28.3 Å². The third-order valence-corrected chi connectivity index (χ3v) is 5.15. The monoisotopic (exact) mass is 357 g/mol. The number of carbonyl (C=O) groups excluding carboxylic acids is 2. The molecule has 2 aromatic rings. The summed E-state index contributed by atoms with van der Waals surface area (Å²) in [5.74, 6) is -0.0637. The number of aromatic nitrogens is 1. The maximum Gasteiger partial charge on any atom is 0.228 e. The summed E-state index contributed by atoms with van der Waals surface area (Å²) in [6.45, 7) is 5.11. The molecule has 25 heavy (non-hydrogen) atoms. The van der Waals surface area contributed by atoms with Gasteiger partial charge in [-0.05, 0) is 24.0 Å². The van der Waals surface area contributed by atoms with Crippen LogP contribution in [0.25, 0.3) is 0 Å². The molecule has 2 amide bonds. The van der Waals surface area contributed by atoms with Gasteiger partial charge in [0, 0.05) is 24.4 Å². The maximum absolute atomic E-state index is 12.7. The van der Waals surface area contributed by atoms with Gasteiger partial charge in [0.05, 0.1) is 12.1 Å². The number of nitrogens with zero attached hydrogens (tertiary/aromatic N) is 2. The molecule has 1 aromatic heterocycles. The number of anilines is 1. The molecule has 0 bridgehead atoms. The van der Waals surface area contributed by atoms with Crippen molar-refractivity contribution in [1.29, 1.82) is 0 Å². The highest BCUT2D eigenvalue weighted by atomic mass is 32.1. The molecule has 0 radical (unpaired) electrons. The van der Waals surface area contributed by atoms with E-state index in [1.165, 1.54) is 22.5 Å². The Labute approximate surface area is 152 Å². The van der Waals surface area contributed by atoms with Crippen LogP contribution in [0.5, 0.6) is 0 Å². The minimum atomic E-state index is -0.0915. The van der Waals surface area contributed by atoms with Crippen LogP contribution >= 0.6 is 11.3 Å². The lowest BCUT2D eigenvalue weighted by molar-refractivity contribution is -0.131. The number of amides is 2. The van der Waals surface area contributed by atoms with Gasteiger partial charge in [0.25, 0.3) is 0 Å². The molecule has 6 heteroatoms. The van der Waals surface area contributed by atoms with E-state index in [2.05, 4.69) is 28.5 Å². The van der Waals surface area contributed by atoms with Crippen molar-refractivity contribution in [3.05, 3.63) is 46.5 Å². The van der Waals surface area contributed by atoms with Gasteiger partial charge in [0.2, 0.25) is 11.8 Å². The number of benzene rings is 1. The zero-order valence-electron chi connectivity index (χ0n) is 14.6. The van der Waals surface area contributed by atoms with Gasteiger partial charge >= 0.3 is 0 Å². The molecular weight excluding hydrogens is 334 g/mol. The summed E-state index contributed by atoms with van der Waals surface area (Å²) in [5, 5.41) is 5.19. The van der Waals surface area contributed by atoms with E-state index in [9.17, 15) is 9.59 Å². The first kappa shape index (κ1) is 17.6. The highest BCUT2D eigenvalue weighted by Gasteiger charge is 2.20. The molecule has 0 unspecified atom stereocenters. The number of thiazole rings is 1. The van der Waals surface area contributed by atoms with E-state index in [0.29, 0.717) is 17.4 Å². The first-order valence-electron chi connectivity index (χ1n) is 8.62. The van der Waals surface area contributed by atoms with Gasteiger partial charge in [-0.1, -0.05) is 38.1 Å². The van der Waals surface area contributed by atoms with Crippen LogP contribution in [0, 0.1) is 5.92 Å². The van der Waals surface area contributed by atoms with Gasteiger partial charge in [-0.25, -0.2) is 4.98 Å². The fourth-order valence-electron chi connectivity index (χ4n) is 2.88. The van der Waals surface area contributed by atoms with Crippen LogP contribution in [-0.2, 0) is 29.0 Å². The summed E-state index contributed by atoms with van der Waals surface area (Å²) < 4.78 is 0. The third-order valence-electron chi connectivity index (χ3n) is 4.35. The fourth-order valence-corrected chi connectivity index (χ4v) is 3.59. The number of rotatable bonds is 4. The molecule has 1 aromatic carbocycles. The first-order chi connectivity index (χ1) is 12.0. The van der Waals surface area contributed by atoms with Gasteiger partial charge in [-0.3, -0.25) is 9.59 Å². The van der Waals surface area contributed by atoms with Crippen molar-refractivity contribution < 1.29 is 9.59 Å². The summed E-state index contributed by atoms with van der Waals surface area (Å²) in [6, 6.07) is 8.33. The quantitative estimate of drug-likeness (QED) is 0.914. The van der Waals surface area contributed by atoms with E-state index in [1.807, 2.05) is 30.2 Å². The van der Waals surface area contributed by atoms with Crippen molar-refractivity contribution in [2.45, 2.75) is 39.7 Å². The van der Waals surface area contributed by atoms with Crippen molar-refractivity contribution in [2.24, 2.45) is 5.92 Å². The molecule has 0 fully saturated rings. The Bertz CT molecular complexity index is 770. The average molecular weight is 357 g/mol. The van der Waals surface area contributed by atoms with Crippen LogP contribution < -0.4 is 5.32 Å². The van der Waals surface area contributed by atoms with Gasteiger partial charge in [0.1, 0.15) is 0 Å². The summed E-state index contributed by atoms with van der Waals surface area (Å²) in [7, 11) is 0. The zero-order chi connectivity index (χ0) is 17.8. The van der Waals surface area contributed by atoms with E-state index in [1.54, 1.807) is 0 Å².